The zero-order chi connectivity index (χ0) is 19.8. The lowest BCUT2D eigenvalue weighted by atomic mass is 9.96. The SMILES string of the molecule is CN(CC1CCN(CC(O)c2ccccc2)CC1)C(=O)OCc1ccccc1. The van der Waals surface area contributed by atoms with Crippen LogP contribution in [0, 0.1) is 5.92 Å². The number of benzene rings is 2. The smallest absolute Gasteiger partial charge is 0.409 e. The number of amides is 1. The first-order chi connectivity index (χ1) is 13.6. The van der Waals surface area contributed by atoms with Crippen molar-refractivity contribution in [1.82, 2.24) is 9.80 Å². The second-order valence-electron chi connectivity index (χ2n) is 7.59. The van der Waals surface area contributed by atoms with Crippen molar-refractivity contribution in [1.29, 1.82) is 0 Å². The van der Waals surface area contributed by atoms with Gasteiger partial charge in [-0.1, -0.05) is 60.7 Å². The van der Waals surface area contributed by atoms with Gasteiger partial charge in [-0.05, 0) is 43.0 Å². The Bertz CT molecular complexity index is 715. The van der Waals surface area contributed by atoms with E-state index >= 15 is 0 Å². The lowest BCUT2D eigenvalue weighted by Gasteiger charge is -2.34. The van der Waals surface area contributed by atoms with Crippen LogP contribution >= 0.6 is 0 Å². The fourth-order valence-corrected chi connectivity index (χ4v) is 3.67. The van der Waals surface area contributed by atoms with Crippen molar-refractivity contribution in [3.05, 3.63) is 71.8 Å². The summed E-state index contributed by atoms with van der Waals surface area (Å²) in [6.07, 6.45) is 1.33. The molecule has 0 bridgehead atoms. The summed E-state index contributed by atoms with van der Waals surface area (Å²) in [5, 5.41) is 10.4. The maximum absolute atomic E-state index is 12.2. The third-order valence-corrected chi connectivity index (χ3v) is 5.37. The number of hydrogen-bond donors (Lipinski definition) is 1. The molecule has 0 radical (unpaired) electrons. The first-order valence-corrected chi connectivity index (χ1v) is 9.99. The second kappa shape index (κ2) is 10.2. The molecular weight excluding hydrogens is 352 g/mol. The molecule has 0 saturated carbocycles. The van der Waals surface area contributed by atoms with Gasteiger partial charge < -0.3 is 19.6 Å². The Kier molecular flexibility index (Phi) is 7.46. The van der Waals surface area contributed by atoms with Crippen molar-refractivity contribution >= 4 is 6.09 Å². The van der Waals surface area contributed by atoms with Gasteiger partial charge in [0.05, 0.1) is 6.10 Å². The van der Waals surface area contributed by atoms with Crippen LogP contribution in [0.4, 0.5) is 4.79 Å². The normalized spacial score (nSPS) is 16.5. The van der Waals surface area contributed by atoms with Gasteiger partial charge >= 0.3 is 6.09 Å². The van der Waals surface area contributed by atoms with Gasteiger partial charge in [0.2, 0.25) is 0 Å². The van der Waals surface area contributed by atoms with Crippen molar-refractivity contribution < 1.29 is 14.6 Å². The van der Waals surface area contributed by atoms with Gasteiger partial charge in [-0.15, -0.1) is 0 Å². The van der Waals surface area contributed by atoms with E-state index in [0.29, 0.717) is 25.6 Å². The molecule has 2 aromatic carbocycles. The first-order valence-electron chi connectivity index (χ1n) is 9.99. The van der Waals surface area contributed by atoms with Crippen LogP contribution in [0.1, 0.15) is 30.1 Å². The molecule has 1 unspecified atom stereocenters. The minimum atomic E-state index is -0.451. The molecule has 1 fully saturated rings. The number of piperidine rings is 1. The predicted molar refractivity (Wildman–Crippen MR) is 110 cm³/mol. The van der Waals surface area contributed by atoms with Gasteiger partial charge in [-0.2, -0.15) is 0 Å². The van der Waals surface area contributed by atoms with Crippen molar-refractivity contribution in [2.24, 2.45) is 5.92 Å². The minimum Gasteiger partial charge on any atom is -0.445 e. The number of likely N-dealkylation sites (tertiary alicyclic amines) is 1. The Hall–Kier alpha value is -2.37. The Balaban J connectivity index is 1.37. The van der Waals surface area contributed by atoms with Crippen LogP contribution in [0.25, 0.3) is 0 Å². The zero-order valence-corrected chi connectivity index (χ0v) is 16.5. The topological polar surface area (TPSA) is 53.0 Å². The second-order valence-corrected chi connectivity index (χ2v) is 7.59. The van der Waals surface area contributed by atoms with Crippen LogP contribution in [0.15, 0.2) is 60.7 Å². The average Bonchev–Trinajstić information content (AvgIpc) is 2.74. The molecule has 2 aromatic rings. The van der Waals surface area contributed by atoms with E-state index in [4.69, 9.17) is 4.74 Å². The molecule has 1 heterocycles. The maximum Gasteiger partial charge on any atom is 0.409 e. The number of carbonyl (C=O) groups is 1. The van der Waals surface area contributed by atoms with E-state index in [1.165, 1.54) is 0 Å². The number of hydrogen-bond acceptors (Lipinski definition) is 4. The summed E-state index contributed by atoms with van der Waals surface area (Å²) < 4.78 is 5.40. The van der Waals surface area contributed by atoms with Crippen molar-refractivity contribution in [2.45, 2.75) is 25.6 Å². The fourth-order valence-electron chi connectivity index (χ4n) is 3.67. The number of aliphatic hydroxyl groups excluding tert-OH is 1. The van der Waals surface area contributed by atoms with Crippen LogP contribution in [0.5, 0.6) is 0 Å². The lowest BCUT2D eigenvalue weighted by molar-refractivity contribution is 0.0739. The highest BCUT2D eigenvalue weighted by molar-refractivity contribution is 5.67. The van der Waals surface area contributed by atoms with E-state index in [-0.39, 0.29) is 6.09 Å². The third kappa shape index (κ3) is 6.08. The van der Waals surface area contributed by atoms with Crippen molar-refractivity contribution in [2.75, 3.05) is 33.2 Å². The lowest BCUT2D eigenvalue weighted by Crippen LogP contribution is -2.40. The standard InChI is InChI=1S/C23H30N2O3/c1-24(23(27)28-18-20-8-4-2-5-9-20)16-19-12-14-25(15-13-19)17-22(26)21-10-6-3-7-11-21/h2-11,19,22,26H,12-18H2,1H3. The molecule has 0 aromatic heterocycles. The van der Waals surface area contributed by atoms with Gasteiger partial charge in [0.15, 0.2) is 0 Å². The molecule has 150 valence electrons. The summed E-state index contributed by atoms with van der Waals surface area (Å²) >= 11 is 0. The van der Waals surface area contributed by atoms with Gasteiger partial charge in [-0.25, -0.2) is 4.79 Å². The van der Waals surface area contributed by atoms with E-state index in [9.17, 15) is 9.90 Å². The highest BCUT2D eigenvalue weighted by atomic mass is 16.6. The molecule has 1 amide bonds. The van der Waals surface area contributed by atoms with E-state index in [1.54, 1.807) is 11.9 Å². The van der Waals surface area contributed by atoms with Gasteiger partial charge in [-0.3, -0.25) is 0 Å². The molecule has 0 aliphatic carbocycles. The molecule has 1 atom stereocenters. The Morgan fingerprint density at radius 3 is 2.36 bits per heavy atom. The van der Waals surface area contributed by atoms with E-state index in [0.717, 1.165) is 37.1 Å². The first kappa shape index (κ1) is 20.4. The number of nitrogens with zero attached hydrogens (tertiary/aromatic N) is 2. The number of carbonyl (C=O) groups excluding carboxylic acids is 1. The quantitative estimate of drug-likeness (QED) is 0.793. The summed E-state index contributed by atoms with van der Waals surface area (Å²) in [7, 11) is 1.80. The van der Waals surface area contributed by atoms with E-state index in [1.807, 2.05) is 60.7 Å². The molecular formula is C23H30N2O3. The molecule has 5 heteroatoms. The van der Waals surface area contributed by atoms with Crippen LogP contribution < -0.4 is 0 Å². The predicted octanol–water partition coefficient (Wildman–Crippen LogP) is 3.70. The molecule has 1 aliphatic heterocycles. The number of rotatable bonds is 7. The molecule has 1 N–H and O–H groups in total. The highest BCUT2D eigenvalue weighted by Gasteiger charge is 2.24. The molecule has 1 saturated heterocycles. The van der Waals surface area contributed by atoms with Crippen LogP contribution in [0.2, 0.25) is 0 Å². The summed E-state index contributed by atoms with van der Waals surface area (Å²) in [5.41, 5.74) is 1.96. The summed E-state index contributed by atoms with van der Waals surface area (Å²) in [5.74, 6) is 0.472. The fraction of sp³-hybridized carbons (Fsp3) is 0.435. The summed E-state index contributed by atoms with van der Waals surface area (Å²) in [6.45, 7) is 3.57. The minimum absolute atomic E-state index is 0.272. The number of aliphatic hydroxyl groups is 1. The van der Waals surface area contributed by atoms with E-state index < -0.39 is 6.10 Å². The van der Waals surface area contributed by atoms with Gasteiger partial charge in [0.1, 0.15) is 6.61 Å². The van der Waals surface area contributed by atoms with Crippen LogP contribution in [-0.2, 0) is 11.3 Å². The average molecular weight is 383 g/mol. The Morgan fingerprint density at radius 1 is 1.11 bits per heavy atom. The molecule has 28 heavy (non-hydrogen) atoms. The molecule has 5 nitrogen and oxygen atoms in total. The van der Waals surface area contributed by atoms with E-state index in [2.05, 4.69) is 4.90 Å². The van der Waals surface area contributed by atoms with Crippen molar-refractivity contribution in [3.63, 3.8) is 0 Å². The highest BCUT2D eigenvalue weighted by Crippen LogP contribution is 2.21. The van der Waals surface area contributed by atoms with Crippen LogP contribution in [0.3, 0.4) is 0 Å². The Morgan fingerprint density at radius 2 is 1.71 bits per heavy atom. The number of ether oxygens (including phenoxy) is 1. The molecule has 0 spiro atoms. The largest absolute Gasteiger partial charge is 0.445 e. The summed E-state index contributed by atoms with van der Waals surface area (Å²) in [6, 6.07) is 19.5. The van der Waals surface area contributed by atoms with Gasteiger partial charge in [0, 0.05) is 20.1 Å². The third-order valence-electron chi connectivity index (χ3n) is 5.37. The zero-order valence-electron chi connectivity index (χ0n) is 16.5. The number of β-amino-alcohol motifs (C(OH)–C–C–N with tert-alkyl or cyclic N) is 1. The monoisotopic (exact) mass is 382 g/mol. The van der Waals surface area contributed by atoms with Crippen LogP contribution in [-0.4, -0.2) is 54.2 Å². The molecule has 3 rings (SSSR count). The maximum atomic E-state index is 12.2. The Labute approximate surface area is 167 Å². The van der Waals surface area contributed by atoms with Crippen molar-refractivity contribution in [3.8, 4) is 0 Å². The molecule has 1 aliphatic rings. The van der Waals surface area contributed by atoms with Gasteiger partial charge in [0.25, 0.3) is 0 Å². The summed E-state index contributed by atoms with van der Waals surface area (Å²) in [4.78, 5) is 16.2.